The molecule has 0 bridgehead atoms. The van der Waals surface area contributed by atoms with Gasteiger partial charge in [-0.15, -0.1) is 0 Å². The molecule has 0 unspecified atom stereocenters. The molecule has 0 saturated carbocycles. The molecular formula is C21H19N7. The average molecular weight is 369 g/mol. The molecule has 7 heteroatoms. The van der Waals surface area contributed by atoms with Gasteiger partial charge in [-0.2, -0.15) is 10.1 Å². The van der Waals surface area contributed by atoms with Crippen LogP contribution in [0.15, 0.2) is 61.1 Å². The molecule has 0 spiro atoms. The maximum atomic E-state index is 6.18. The summed E-state index contributed by atoms with van der Waals surface area (Å²) in [6, 6.07) is 14.5. The van der Waals surface area contributed by atoms with E-state index >= 15 is 0 Å². The lowest BCUT2D eigenvalue weighted by molar-refractivity contribution is 1.03. The minimum absolute atomic E-state index is 0.489. The van der Waals surface area contributed by atoms with Crippen molar-refractivity contribution < 1.29 is 0 Å². The Kier molecular flexibility index (Phi) is 3.90. The molecule has 0 atom stereocenters. The summed E-state index contributed by atoms with van der Waals surface area (Å²) in [5.74, 6) is 1.02. The van der Waals surface area contributed by atoms with Crippen molar-refractivity contribution in [2.75, 3.05) is 11.1 Å². The number of H-pyrrole nitrogens is 2. The van der Waals surface area contributed by atoms with E-state index in [0.29, 0.717) is 24.7 Å². The zero-order valence-electron chi connectivity index (χ0n) is 15.1. The van der Waals surface area contributed by atoms with Crippen molar-refractivity contribution in [2.45, 2.75) is 13.0 Å². The van der Waals surface area contributed by atoms with Crippen LogP contribution in [0.3, 0.4) is 0 Å². The Morgan fingerprint density at radius 1 is 0.929 bits per heavy atom. The molecular weight excluding hydrogens is 350 g/mol. The van der Waals surface area contributed by atoms with Crippen LogP contribution in [0.5, 0.6) is 0 Å². The molecule has 7 nitrogen and oxygen atoms in total. The molecule has 0 saturated heterocycles. The van der Waals surface area contributed by atoms with Crippen molar-refractivity contribution in [1.29, 1.82) is 0 Å². The molecule has 0 amide bonds. The van der Waals surface area contributed by atoms with E-state index in [4.69, 9.17) is 5.73 Å². The first-order valence-corrected chi connectivity index (χ1v) is 9.08. The number of rotatable bonds is 5. The van der Waals surface area contributed by atoms with Crippen molar-refractivity contribution in [3.05, 3.63) is 77.7 Å². The van der Waals surface area contributed by atoms with Gasteiger partial charge in [-0.3, -0.25) is 5.10 Å². The Labute approximate surface area is 161 Å². The number of nitrogens with two attached hydrogens (primary N) is 1. The predicted molar refractivity (Wildman–Crippen MR) is 111 cm³/mol. The van der Waals surface area contributed by atoms with E-state index in [0.717, 1.165) is 33.1 Å². The van der Waals surface area contributed by atoms with Crippen molar-refractivity contribution in [2.24, 2.45) is 0 Å². The number of benzene rings is 2. The Bertz CT molecular complexity index is 1270. The summed E-state index contributed by atoms with van der Waals surface area (Å²) in [6.07, 6.45) is 6.21. The molecule has 0 aliphatic heterocycles. The molecule has 0 aliphatic carbocycles. The topological polar surface area (TPSA) is 108 Å². The highest BCUT2D eigenvalue weighted by molar-refractivity contribution is 5.80. The van der Waals surface area contributed by atoms with E-state index in [9.17, 15) is 0 Å². The highest BCUT2D eigenvalue weighted by Crippen LogP contribution is 2.20. The third-order valence-electron chi connectivity index (χ3n) is 4.87. The zero-order valence-corrected chi connectivity index (χ0v) is 15.1. The van der Waals surface area contributed by atoms with Crippen LogP contribution in [-0.4, -0.2) is 25.1 Å². The summed E-state index contributed by atoms with van der Waals surface area (Å²) in [7, 11) is 0. The first-order chi connectivity index (χ1) is 13.7. The molecule has 3 heterocycles. The van der Waals surface area contributed by atoms with Gasteiger partial charge in [-0.1, -0.05) is 18.2 Å². The lowest BCUT2D eigenvalue weighted by Gasteiger charge is -2.09. The van der Waals surface area contributed by atoms with Gasteiger partial charge in [0.25, 0.3) is 0 Å². The van der Waals surface area contributed by atoms with Crippen LogP contribution in [0.25, 0.3) is 21.8 Å². The predicted octanol–water partition coefficient (Wildman–Crippen LogP) is 3.62. The van der Waals surface area contributed by atoms with Gasteiger partial charge in [0.1, 0.15) is 5.82 Å². The highest BCUT2D eigenvalue weighted by Gasteiger charge is 2.07. The van der Waals surface area contributed by atoms with E-state index in [1.165, 1.54) is 5.39 Å². The van der Waals surface area contributed by atoms with Gasteiger partial charge >= 0.3 is 0 Å². The van der Waals surface area contributed by atoms with Crippen LogP contribution in [-0.2, 0) is 13.0 Å². The summed E-state index contributed by atoms with van der Waals surface area (Å²) in [4.78, 5) is 12.0. The smallest absolute Gasteiger partial charge is 0.224 e. The van der Waals surface area contributed by atoms with Gasteiger partial charge in [-0.25, -0.2) is 4.98 Å². The lowest BCUT2D eigenvalue weighted by Crippen LogP contribution is -2.07. The molecule has 0 aliphatic rings. The van der Waals surface area contributed by atoms with Crippen LogP contribution in [0.2, 0.25) is 0 Å². The van der Waals surface area contributed by atoms with E-state index in [2.05, 4.69) is 66.9 Å². The fraction of sp³-hybridized carbons (Fsp3) is 0.0952. The monoisotopic (exact) mass is 369 g/mol. The third-order valence-corrected chi connectivity index (χ3v) is 4.87. The van der Waals surface area contributed by atoms with Crippen molar-refractivity contribution in [1.82, 2.24) is 25.1 Å². The second-order valence-electron chi connectivity index (χ2n) is 6.83. The van der Waals surface area contributed by atoms with Gasteiger partial charge in [0, 0.05) is 41.8 Å². The van der Waals surface area contributed by atoms with Crippen LogP contribution in [0, 0.1) is 0 Å². The normalized spacial score (nSPS) is 11.3. The number of hydrogen-bond acceptors (Lipinski definition) is 5. The van der Waals surface area contributed by atoms with Gasteiger partial charge in [0.2, 0.25) is 5.95 Å². The zero-order chi connectivity index (χ0) is 18.9. The highest BCUT2D eigenvalue weighted by atomic mass is 15.1. The standard InChI is InChI=1S/C21H19N7/c22-20-17(7-13-1-3-16-12-26-28-19(16)9-13)11-25-21(27-20)24-10-14-2-4-18-15(8-14)5-6-23-18/h1-6,8-9,11-12,23H,7,10H2,(H,26,28)(H3,22,24,25,27). The van der Waals surface area contributed by atoms with E-state index in [1.807, 2.05) is 18.5 Å². The summed E-state index contributed by atoms with van der Waals surface area (Å²) >= 11 is 0. The molecule has 138 valence electrons. The summed E-state index contributed by atoms with van der Waals surface area (Å²) < 4.78 is 0. The van der Waals surface area contributed by atoms with Crippen molar-refractivity contribution >= 4 is 33.6 Å². The van der Waals surface area contributed by atoms with Crippen molar-refractivity contribution in [3.8, 4) is 0 Å². The molecule has 0 fully saturated rings. The fourth-order valence-corrected chi connectivity index (χ4v) is 3.35. The molecule has 5 aromatic rings. The third kappa shape index (κ3) is 3.14. The minimum Gasteiger partial charge on any atom is -0.383 e. The summed E-state index contributed by atoms with van der Waals surface area (Å²) in [6.45, 7) is 0.635. The van der Waals surface area contributed by atoms with Crippen LogP contribution in [0.1, 0.15) is 16.7 Å². The summed E-state index contributed by atoms with van der Waals surface area (Å²) in [5.41, 5.74) is 11.5. The maximum Gasteiger partial charge on any atom is 0.224 e. The van der Waals surface area contributed by atoms with Gasteiger partial charge < -0.3 is 16.0 Å². The molecule has 3 aromatic heterocycles. The quantitative estimate of drug-likeness (QED) is 0.378. The number of nitrogen functional groups attached to an aromatic ring is 1. The van der Waals surface area contributed by atoms with Crippen LogP contribution >= 0.6 is 0 Å². The lowest BCUT2D eigenvalue weighted by atomic mass is 10.1. The second-order valence-corrected chi connectivity index (χ2v) is 6.83. The molecule has 5 rings (SSSR count). The number of aromatic amines is 2. The number of nitrogens with one attached hydrogen (secondary N) is 3. The fourth-order valence-electron chi connectivity index (χ4n) is 3.35. The number of anilines is 2. The van der Waals surface area contributed by atoms with Crippen LogP contribution < -0.4 is 11.1 Å². The van der Waals surface area contributed by atoms with E-state index in [-0.39, 0.29) is 0 Å². The number of nitrogens with zero attached hydrogens (tertiary/aromatic N) is 3. The Hall–Kier alpha value is -3.87. The molecule has 5 N–H and O–H groups in total. The first-order valence-electron chi connectivity index (χ1n) is 9.08. The Balaban J connectivity index is 1.29. The molecule has 2 aromatic carbocycles. The number of hydrogen-bond donors (Lipinski definition) is 4. The number of aromatic nitrogens is 5. The Morgan fingerprint density at radius 2 is 1.86 bits per heavy atom. The Morgan fingerprint density at radius 3 is 2.79 bits per heavy atom. The van der Waals surface area contributed by atoms with Crippen LogP contribution in [0.4, 0.5) is 11.8 Å². The summed E-state index contributed by atoms with van der Waals surface area (Å²) in [5, 5.41) is 12.6. The average Bonchev–Trinajstić information content (AvgIpc) is 3.36. The van der Waals surface area contributed by atoms with E-state index in [1.54, 1.807) is 6.20 Å². The van der Waals surface area contributed by atoms with E-state index < -0.39 is 0 Å². The SMILES string of the molecule is Nc1nc(NCc2ccc3[nH]ccc3c2)ncc1Cc1ccc2cn[nH]c2c1. The largest absolute Gasteiger partial charge is 0.383 e. The minimum atomic E-state index is 0.489. The van der Waals surface area contributed by atoms with Gasteiger partial charge in [0.05, 0.1) is 11.7 Å². The van der Waals surface area contributed by atoms with Gasteiger partial charge in [-0.05, 0) is 40.8 Å². The second kappa shape index (κ2) is 6.70. The number of fused-ring (bicyclic) bond motifs is 2. The molecule has 0 radical (unpaired) electrons. The van der Waals surface area contributed by atoms with Crippen molar-refractivity contribution in [3.63, 3.8) is 0 Å². The molecule has 28 heavy (non-hydrogen) atoms. The first kappa shape index (κ1) is 16.3. The van der Waals surface area contributed by atoms with Gasteiger partial charge in [0.15, 0.2) is 0 Å². The maximum absolute atomic E-state index is 6.18.